The molecule has 22 heavy (non-hydrogen) atoms. The Hall–Kier alpha value is -2.61. The van der Waals surface area contributed by atoms with Crippen molar-refractivity contribution in [1.82, 2.24) is 0 Å². The van der Waals surface area contributed by atoms with E-state index in [2.05, 4.69) is 4.72 Å². The fourth-order valence-corrected chi connectivity index (χ4v) is 3.11. The molecule has 0 aliphatic carbocycles. The van der Waals surface area contributed by atoms with Crippen LogP contribution < -0.4 is 9.46 Å². The van der Waals surface area contributed by atoms with E-state index in [0.717, 1.165) is 6.07 Å². The molecule has 0 saturated heterocycles. The Morgan fingerprint density at radius 1 is 1.18 bits per heavy atom. The van der Waals surface area contributed by atoms with Gasteiger partial charge in [-0.1, -0.05) is 18.2 Å². The molecule has 0 spiro atoms. The highest BCUT2D eigenvalue weighted by Crippen LogP contribution is 2.27. The number of anilines is 1. The maximum absolute atomic E-state index is 13.6. The van der Waals surface area contributed by atoms with Gasteiger partial charge in [0.15, 0.2) is 0 Å². The minimum atomic E-state index is -4.13. The summed E-state index contributed by atoms with van der Waals surface area (Å²) in [6, 6.07) is 9.12. The molecule has 0 atom stereocenters. The van der Waals surface area contributed by atoms with Crippen LogP contribution in [0.2, 0.25) is 0 Å². The monoisotopic (exact) mass is 325 g/mol. The zero-order valence-electron chi connectivity index (χ0n) is 11.4. The number of sulfonamides is 1. The van der Waals surface area contributed by atoms with Crippen LogP contribution in [0.3, 0.4) is 0 Å². The van der Waals surface area contributed by atoms with Crippen LogP contribution in [0.4, 0.5) is 10.1 Å². The number of halogens is 1. The van der Waals surface area contributed by atoms with E-state index in [1.165, 1.54) is 37.4 Å². The van der Waals surface area contributed by atoms with Crippen molar-refractivity contribution >= 4 is 21.7 Å². The summed E-state index contributed by atoms with van der Waals surface area (Å²) in [5, 5.41) is 9.02. The zero-order chi connectivity index (χ0) is 16.3. The highest BCUT2D eigenvalue weighted by Gasteiger charge is 2.23. The quantitative estimate of drug-likeness (QED) is 0.880. The Balaban J connectivity index is 2.51. The van der Waals surface area contributed by atoms with Crippen molar-refractivity contribution < 1.29 is 27.4 Å². The number of aromatic carboxylic acids is 1. The van der Waals surface area contributed by atoms with Crippen LogP contribution in [0.1, 0.15) is 10.4 Å². The van der Waals surface area contributed by atoms with Gasteiger partial charge in [-0.15, -0.1) is 0 Å². The molecule has 0 radical (unpaired) electrons. The Bertz CT molecular complexity index is 820. The first-order valence-electron chi connectivity index (χ1n) is 6.04. The lowest BCUT2D eigenvalue weighted by molar-refractivity contribution is 0.0693. The summed E-state index contributed by atoms with van der Waals surface area (Å²) >= 11 is 0. The summed E-state index contributed by atoms with van der Waals surface area (Å²) in [5.74, 6) is -2.52. The molecule has 0 fully saturated rings. The number of benzene rings is 2. The van der Waals surface area contributed by atoms with Crippen LogP contribution in [0.5, 0.6) is 5.75 Å². The Kier molecular flexibility index (Phi) is 4.32. The van der Waals surface area contributed by atoms with Gasteiger partial charge in [0, 0.05) is 0 Å². The number of nitrogens with one attached hydrogen (secondary N) is 1. The van der Waals surface area contributed by atoms with Crippen molar-refractivity contribution in [3.63, 3.8) is 0 Å². The lowest BCUT2D eigenvalue weighted by atomic mass is 10.2. The summed E-state index contributed by atoms with van der Waals surface area (Å²) in [6.07, 6.45) is 0. The maximum Gasteiger partial charge on any atom is 0.340 e. The third-order valence-electron chi connectivity index (χ3n) is 2.83. The van der Waals surface area contributed by atoms with Crippen LogP contribution in [0, 0.1) is 5.82 Å². The number of rotatable bonds is 5. The van der Waals surface area contributed by atoms with Gasteiger partial charge in [-0.25, -0.2) is 17.6 Å². The van der Waals surface area contributed by atoms with E-state index >= 15 is 0 Å². The molecule has 6 nitrogen and oxygen atoms in total. The topological polar surface area (TPSA) is 92.7 Å². The third kappa shape index (κ3) is 3.01. The van der Waals surface area contributed by atoms with E-state index in [1.54, 1.807) is 6.07 Å². The molecule has 0 bridgehead atoms. The van der Waals surface area contributed by atoms with Crippen LogP contribution in [0.25, 0.3) is 0 Å². The van der Waals surface area contributed by atoms with Crippen LogP contribution in [-0.4, -0.2) is 26.6 Å². The van der Waals surface area contributed by atoms with Crippen molar-refractivity contribution in [1.29, 1.82) is 0 Å². The first-order valence-corrected chi connectivity index (χ1v) is 7.53. The van der Waals surface area contributed by atoms with Gasteiger partial charge in [-0.3, -0.25) is 4.72 Å². The van der Waals surface area contributed by atoms with Gasteiger partial charge in [0.25, 0.3) is 10.0 Å². The second-order valence-electron chi connectivity index (χ2n) is 4.22. The molecule has 2 aromatic rings. The summed E-state index contributed by atoms with van der Waals surface area (Å²) in [6.45, 7) is 0. The van der Waals surface area contributed by atoms with E-state index in [1.807, 2.05) is 0 Å². The van der Waals surface area contributed by atoms with Gasteiger partial charge in [0.1, 0.15) is 22.0 Å². The first kappa shape index (κ1) is 15.8. The molecule has 0 saturated carbocycles. The van der Waals surface area contributed by atoms with Crippen molar-refractivity contribution in [2.45, 2.75) is 4.90 Å². The van der Waals surface area contributed by atoms with E-state index in [9.17, 15) is 17.6 Å². The van der Waals surface area contributed by atoms with Crippen molar-refractivity contribution in [3.8, 4) is 5.75 Å². The average molecular weight is 325 g/mol. The summed E-state index contributed by atoms with van der Waals surface area (Å²) < 4.78 is 45.3. The van der Waals surface area contributed by atoms with Gasteiger partial charge in [0.05, 0.1) is 12.8 Å². The van der Waals surface area contributed by atoms with Gasteiger partial charge in [-0.2, -0.15) is 0 Å². The number of carboxylic acids is 1. The predicted molar refractivity (Wildman–Crippen MR) is 77.2 cm³/mol. The molecule has 0 amide bonds. The van der Waals surface area contributed by atoms with E-state index in [0.29, 0.717) is 0 Å². The molecule has 8 heteroatoms. The van der Waals surface area contributed by atoms with Crippen LogP contribution in [-0.2, 0) is 10.0 Å². The molecule has 116 valence electrons. The molecule has 0 aromatic heterocycles. The Morgan fingerprint density at radius 2 is 1.86 bits per heavy atom. The second kappa shape index (κ2) is 6.02. The van der Waals surface area contributed by atoms with Crippen molar-refractivity contribution in [3.05, 3.63) is 53.8 Å². The Morgan fingerprint density at radius 3 is 2.50 bits per heavy atom. The Labute approximate surface area is 126 Å². The second-order valence-corrected chi connectivity index (χ2v) is 5.87. The summed E-state index contributed by atoms with van der Waals surface area (Å²) in [5.41, 5.74) is -1.11. The SMILES string of the molecule is COc1ccccc1S(=O)(=O)Nc1cccc(F)c1C(=O)O. The number of para-hydroxylation sites is 1. The van der Waals surface area contributed by atoms with Gasteiger partial charge in [0.2, 0.25) is 0 Å². The number of methoxy groups -OCH3 is 1. The van der Waals surface area contributed by atoms with E-state index in [-0.39, 0.29) is 16.3 Å². The minimum Gasteiger partial charge on any atom is -0.495 e. The normalized spacial score (nSPS) is 11.0. The molecule has 2 rings (SSSR count). The van der Waals surface area contributed by atoms with Gasteiger partial charge >= 0.3 is 5.97 Å². The lowest BCUT2D eigenvalue weighted by Crippen LogP contribution is -2.17. The third-order valence-corrected chi connectivity index (χ3v) is 4.24. The molecule has 0 aliphatic heterocycles. The lowest BCUT2D eigenvalue weighted by Gasteiger charge is -2.13. The van der Waals surface area contributed by atoms with Crippen molar-refractivity contribution in [2.24, 2.45) is 0 Å². The number of hydrogen-bond acceptors (Lipinski definition) is 4. The highest BCUT2D eigenvalue weighted by atomic mass is 32.2. The predicted octanol–water partition coefficient (Wildman–Crippen LogP) is 2.33. The maximum atomic E-state index is 13.6. The largest absolute Gasteiger partial charge is 0.495 e. The van der Waals surface area contributed by atoms with Crippen LogP contribution in [0.15, 0.2) is 47.4 Å². The number of carboxylic acid groups (broad SMARTS) is 1. The number of carbonyl (C=O) groups is 1. The smallest absolute Gasteiger partial charge is 0.340 e. The highest BCUT2D eigenvalue weighted by molar-refractivity contribution is 7.92. The van der Waals surface area contributed by atoms with E-state index < -0.39 is 27.4 Å². The van der Waals surface area contributed by atoms with Crippen LogP contribution >= 0.6 is 0 Å². The molecular formula is C14H12FNO5S. The minimum absolute atomic E-state index is 0.0864. The molecular weight excluding hydrogens is 313 g/mol. The number of hydrogen-bond donors (Lipinski definition) is 2. The van der Waals surface area contributed by atoms with Gasteiger partial charge in [-0.05, 0) is 24.3 Å². The van der Waals surface area contributed by atoms with E-state index in [4.69, 9.17) is 9.84 Å². The first-order chi connectivity index (χ1) is 10.4. The summed E-state index contributed by atoms with van der Waals surface area (Å²) in [7, 11) is -2.83. The molecule has 0 unspecified atom stereocenters. The molecule has 0 heterocycles. The standard InChI is InChI=1S/C14H12FNO5S/c1-21-11-7-2-3-8-12(11)22(19,20)16-10-6-4-5-9(15)13(10)14(17)18/h2-8,16H,1H3,(H,17,18). The average Bonchev–Trinajstić information content (AvgIpc) is 2.46. The zero-order valence-corrected chi connectivity index (χ0v) is 12.2. The van der Waals surface area contributed by atoms with Gasteiger partial charge < -0.3 is 9.84 Å². The molecule has 2 N–H and O–H groups in total. The van der Waals surface area contributed by atoms with Crippen molar-refractivity contribution in [2.75, 3.05) is 11.8 Å². The fourth-order valence-electron chi connectivity index (χ4n) is 1.87. The summed E-state index contributed by atoms with van der Waals surface area (Å²) in [4.78, 5) is 10.9. The molecule has 2 aromatic carbocycles. The fraction of sp³-hybridized carbons (Fsp3) is 0.0714. The molecule has 0 aliphatic rings. The number of ether oxygens (including phenoxy) is 1.